The summed E-state index contributed by atoms with van der Waals surface area (Å²) in [6.45, 7) is 2.01. The third-order valence-electron chi connectivity index (χ3n) is 4.82. The fourth-order valence-corrected chi connectivity index (χ4v) is 4.45. The topological polar surface area (TPSA) is 63.2 Å². The maximum absolute atomic E-state index is 14.1. The molecule has 1 heterocycles. The van der Waals surface area contributed by atoms with Crippen molar-refractivity contribution in [2.45, 2.75) is 6.92 Å². The van der Waals surface area contributed by atoms with Crippen molar-refractivity contribution >= 4 is 50.5 Å². The largest absolute Gasteiger partial charge is 0.491 e. The van der Waals surface area contributed by atoms with E-state index in [1.165, 1.54) is 0 Å². The Morgan fingerprint density at radius 2 is 1.65 bits per heavy atom. The monoisotopic (exact) mass is 505 g/mol. The highest BCUT2D eigenvalue weighted by Gasteiger charge is 2.30. The highest BCUT2D eigenvalue weighted by Crippen LogP contribution is 2.32. The van der Waals surface area contributed by atoms with Crippen LogP contribution in [0.5, 0.6) is 5.75 Å². The van der Waals surface area contributed by atoms with Crippen LogP contribution in [0, 0.1) is 30.2 Å². The van der Waals surface area contributed by atoms with Crippen molar-refractivity contribution in [1.82, 2.24) is 10.3 Å². The summed E-state index contributed by atoms with van der Waals surface area (Å²) in [7, 11) is 0.836. The second-order valence-corrected chi connectivity index (χ2v) is 8.58. The lowest BCUT2D eigenvalue weighted by atomic mass is 10.1. The van der Waals surface area contributed by atoms with Crippen LogP contribution in [0.15, 0.2) is 42.5 Å². The standard InChI is InChI=1S/C23H15F4N3O2S2/c1-10-3-8-13-14(9-10)34-22(29-13)11-4-6-12(7-5-11)28-23(33)30-21(31)15-16(24)18(26)20(32-2)19(27)17(15)25/h3-9H,1-2H3,(H2,28,30,31,33). The summed E-state index contributed by atoms with van der Waals surface area (Å²) in [6.07, 6.45) is 0. The van der Waals surface area contributed by atoms with Gasteiger partial charge in [0.25, 0.3) is 5.91 Å². The zero-order valence-corrected chi connectivity index (χ0v) is 19.3. The van der Waals surface area contributed by atoms with Crippen molar-refractivity contribution in [3.8, 4) is 16.3 Å². The number of ether oxygens (including phenoxy) is 1. The summed E-state index contributed by atoms with van der Waals surface area (Å²) in [5.74, 6) is -10.2. The SMILES string of the molecule is COc1c(F)c(F)c(C(=O)NC(=S)Nc2ccc(-c3nc4ccc(C)cc4s3)cc2)c(F)c1F. The van der Waals surface area contributed by atoms with Crippen LogP contribution in [0.2, 0.25) is 0 Å². The molecule has 174 valence electrons. The van der Waals surface area contributed by atoms with Gasteiger partial charge in [0.05, 0.1) is 17.3 Å². The number of anilines is 1. The molecule has 0 unspecified atom stereocenters. The number of nitrogens with zero attached hydrogens (tertiary/aromatic N) is 1. The first-order valence-electron chi connectivity index (χ1n) is 9.69. The molecule has 3 aromatic carbocycles. The Hall–Kier alpha value is -3.57. The first-order valence-corrected chi connectivity index (χ1v) is 10.9. The van der Waals surface area contributed by atoms with E-state index in [9.17, 15) is 22.4 Å². The molecule has 0 saturated heterocycles. The lowest BCUT2D eigenvalue weighted by Crippen LogP contribution is -2.35. The highest BCUT2D eigenvalue weighted by atomic mass is 32.1. The van der Waals surface area contributed by atoms with E-state index in [2.05, 4.69) is 21.1 Å². The normalized spacial score (nSPS) is 10.9. The van der Waals surface area contributed by atoms with Crippen LogP contribution in [-0.2, 0) is 0 Å². The molecule has 1 aromatic heterocycles. The van der Waals surface area contributed by atoms with Gasteiger partial charge in [-0.1, -0.05) is 6.07 Å². The molecule has 0 aliphatic rings. The lowest BCUT2D eigenvalue weighted by Gasteiger charge is -2.13. The first-order chi connectivity index (χ1) is 16.2. The number of aromatic nitrogens is 1. The molecule has 0 atom stereocenters. The van der Waals surface area contributed by atoms with Gasteiger partial charge >= 0.3 is 0 Å². The average Bonchev–Trinajstić information content (AvgIpc) is 3.22. The van der Waals surface area contributed by atoms with E-state index in [1.807, 2.05) is 24.4 Å². The average molecular weight is 506 g/mol. The maximum atomic E-state index is 14.1. The van der Waals surface area contributed by atoms with Gasteiger partial charge in [-0.3, -0.25) is 10.1 Å². The number of rotatable bonds is 4. The molecule has 4 aromatic rings. The van der Waals surface area contributed by atoms with Crippen LogP contribution in [0.3, 0.4) is 0 Å². The number of fused-ring (bicyclic) bond motifs is 1. The van der Waals surface area contributed by atoms with E-state index < -0.39 is 40.5 Å². The van der Waals surface area contributed by atoms with Crippen LogP contribution in [0.1, 0.15) is 15.9 Å². The predicted molar refractivity (Wildman–Crippen MR) is 126 cm³/mol. The Balaban J connectivity index is 1.48. The smallest absolute Gasteiger partial charge is 0.263 e. The molecule has 4 rings (SSSR count). The zero-order valence-electron chi connectivity index (χ0n) is 17.6. The molecular formula is C23H15F4N3O2S2. The van der Waals surface area contributed by atoms with E-state index in [-0.39, 0.29) is 5.11 Å². The Morgan fingerprint density at radius 1 is 1.00 bits per heavy atom. The number of thiocarbonyl (C=S) groups is 1. The van der Waals surface area contributed by atoms with Crippen molar-refractivity contribution in [3.05, 3.63) is 76.9 Å². The lowest BCUT2D eigenvalue weighted by molar-refractivity contribution is 0.0966. The van der Waals surface area contributed by atoms with Crippen molar-refractivity contribution < 1.29 is 27.1 Å². The van der Waals surface area contributed by atoms with E-state index in [4.69, 9.17) is 12.2 Å². The van der Waals surface area contributed by atoms with E-state index in [1.54, 1.807) is 35.6 Å². The van der Waals surface area contributed by atoms with Gasteiger partial charge in [0.1, 0.15) is 10.6 Å². The number of hydrogen-bond donors (Lipinski definition) is 2. The fourth-order valence-electron chi connectivity index (χ4n) is 3.17. The molecule has 0 aliphatic heterocycles. The molecule has 0 bridgehead atoms. The molecular weight excluding hydrogens is 490 g/mol. The molecule has 0 aliphatic carbocycles. The summed E-state index contributed by atoms with van der Waals surface area (Å²) >= 11 is 6.53. The number of thiazole rings is 1. The molecule has 0 fully saturated rings. The van der Waals surface area contributed by atoms with Crippen molar-refractivity contribution in [3.63, 3.8) is 0 Å². The van der Waals surface area contributed by atoms with Gasteiger partial charge in [0.2, 0.25) is 11.6 Å². The van der Waals surface area contributed by atoms with E-state index in [0.717, 1.165) is 33.5 Å². The van der Waals surface area contributed by atoms with Gasteiger partial charge in [-0.15, -0.1) is 11.3 Å². The molecule has 0 saturated carbocycles. The van der Waals surface area contributed by atoms with Gasteiger partial charge in [0, 0.05) is 11.3 Å². The van der Waals surface area contributed by atoms with Crippen molar-refractivity contribution in [2.24, 2.45) is 0 Å². The van der Waals surface area contributed by atoms with Gasteiger partial charge in [-0.2, -0.15) is 8.78 Å². The molecule has 0 radical (unpaired) electrons. The van der Waals surface area contributed by atoms with Crippen LogP contribution in [0.4, 0.5) is 23.2 Å². The Bertz CT molecular complexity index is 1410. The van der Waals surface area contributed by atoms with E-state index in [0.29, 0.717) is 5.69 Å². The number of benzene rings is 3. The molecule has 11 heteroatoms. The third kappa shape index (κ3) is 4.44. The molecule has 5 nitrogen and oxygen atoms in total. The number of halogens is 4. The van der Waals surface area contributed by atoms with Gasteiger partial charge in [0.15, 0.2) is 22.5 Å². The molecule has 1 amide bonds. The quantitative estimate of drug-likeness (QED) is 0.204. The second kappa shape index (κ2) is 9.35. The summed E-state index contributed by atoms with van der Waals surface area (Å²) in [5.41, 5.74) is 1.88. The Morgan fingerprint density at radius 3 is 2.26 bits per heavy atom. The van der Waals surface area contributed by atoms with E-state index >= 15 is 0 Å². The van der Waals surface area contributed by atoms with Crippen molar-refractivity contribution in [1.29, 1.82) is 0 Å². The summed E-state index contributed by atoms with van der Waals surface area (Å²) in [4.78, 5) is 16.8. The molecule has 34 heavy (non-hydrogen) atoms. The Kier molecular flexibility index (Phi) is 6.49. The number of methoxy groups -OCH3 is 1. The summed E-state index contributed by atoms with van der Waals surface area (Å²) < 4.78 is 61.4. The predicted octanol–water partition coefficient (Wildman–Crippen LogP) is 5.96. The molecule has 0 spiro atoms. The van der Waals surface area contributed by atoms with Crippen LogP contribution < -0.4 is 15.4 Å². The summed E-state index contributed by atoms with van der Waals surface area (Å²) in [6, 6.07) is 12.9. The number of nitrogens with one attached hydrogen (secondary N) is 2. The first kappa shape index (κ1) is 23.6. The number of amides is 1. The minimum Gasteiger partial charge on any atom is -0.491 e. The minimum absolute atomic E-state index is 0.330. The number of carbonyl (C=O) groups is 1. The fraction of sp³-hybridized carbons (Fsp3) is 0.0870. The summed E-state index contributed by atoms with van der Waals surface area (Å²) in [5, 5.41) is 5.16. The Labute approximate surface area is 200 Å². The second-order valence-electron chi connectivity index (χ2n) is 7.14. The number of aryl methyl sites for hydroxylation is 1. The number of carbonyl (C=O) groups excluding carboxylic acids is 1. The third-order valence-corrected chi connectivity index (χ3v) is 6.09. The van der Waals surface area contributed by atoms with Crippen molar-refractivity contribution in [2.75, 3.05) is 12.4 Å². The minimum atomic E-state index is -1.90. The maximum Gasteiger partial charge on any atom is 0.263 e. The van der Waals surface area contributed by atoms with Gasteiger partial charge < -0.3 is 10.1 Å². The molecule has 2 N–H and O–H groups in total. The highest BCUT2D eigenvalue weighted by molar-refractivity contribution is 7.80. The van der Waals surface area contributed by atoms with Gasteiger partial charge in [-0.05, 0) is 61.1 Å². The van der Waals surface area contributed by atoms with Crippen LogP contribution in [0.25, 0.3) is 20.8 Å². The number of hydrogen-bond acceptors (Lipinski definition) is 5. The zero-order chi connectivity index (χ0) is 24.6. The van der Waals surface area contributed by atoms with Gasteiger partial charge in [-0.25, -0.2) is 13.8 Å². The van der Waals surface area contributed by atoms with Crippen LogP contribution in [-0.4, -0.2) is 23.1 Å². The van der Waals surface area contributed by atoms with Crippen LogP contribution >= 0.6 is 23.6 Å².